The van der Waals surface area contributed by atoms with Gasteiger partial charge in [-0.3, -0.25) is 15.2 Å². The average molecular weight is 382 g/mol. The van der Waals surface area contributed by atoms with E-state index in [-0.39, 0.29) is 34.2 Å². The summed E-state index contributed by atoms with van der Waals surface area (Å²) in [6, 6.07) is 10.0. The lowest BCUT2D eigenvalue weighted by atomic mass is 10.1. The number of aliphatic carboxylic acids is 1. The molecule has 142 valence electrons. The molecule has 0 aliphatic heterocycles. The Morgan fingerprint density at radius 3 is 2.75 bits per heavy atom. The number of phenols is 1. The van der Waals surface area contributed by atoms with Crippen molar-refractivity contribution >= 4 is 23.3 Å². The molecule has 0 amide bonds. The van der Waals surface area contributed by atoms with Crippen LogP contribution in [0.2, 0.25) is 0 Å². The van der Waals surface area contributed by atoms with Crippen LogP contribution in [0.3, 0.4) is 0 Å². The Bertz CT molecular complexity index is 1090. The van der Waals surface area contributed by atoms with Gasteiger partial charge in [0, 0.05) is 23.3 Å². The zero-order valence-electron chi connectivity index (χ0n) is 14.5. The molecular weight excluding hydrogens is 368 g/mol. The number of aromatic hydroxyl groups is 1. The smallest absolute Gasteiger partial charge is 0.339 e. The first kappa shape index (κ1) is 18.6. The van der Waals surface area contributed by atoms with Gasteiger partial charge in [-0.1, -0.05) is 12.1 Å². The Balaban J connectivity index is 2.03. The lowest BCUT2D eigenvalue weighted by Gasteiger charge is -2.05. The van der Waals surface area contributed by atoms with Crippen LogP contribution in [0, 0.1) is 10.1 Å². The maximum atomic E-state index is 11.7. The highest BCUT2D eigenvalue weighted by Crippen LogP contribution is 2.28. The highest BCUT2D eigenvalue weighted by molar-refractivity contribution is 6.19. The topological polar surface area (TPSA) is 151 Å². The minimum absolute atomic E-state index is 0.0729. The Kier molecular flexibility index (Phi) is 5.03. The van der Waals surface area contributed by atoms with Gasteiger partial charge in [0.05, 0.1) is 12.0 Å². The predicted octanol–water partition coefficient (Wildman–Crippen LogP) is 2.72. The zero-order chi connectivity index (χ0) is 20.3. The first-order valence-electron chi connectivity index (χ1n) is 7.88. The Hall–Kier alpha value is -4.21. The second-order valence-corrected chi connectivity index (χ2v) is 5.60. The normalized spacial score (nSPS) is 11.2. The highest BCUT2D eigenvalue weighted by atomic mass is 16.6. The first-order chi connectivity index (χ1) is 13.4. The molecule has 1 heterocycles. The average Bonchev–Trinajstić information content (AvgIpc) is 3.17. The second kappa shape index (κ2) is 7.58. The van der Waals surface area contributed by atoms with Gasteiger partial charge in [0.15, 0.2) is 11.6 Å². The number of nitrogens with zero attached hydrogens (tertiary/aromatic N) is 3. The molecule has 2 aromatic carbocycles. The molecule has 3 aromatic rings. The summed E-state index contributed by atoms with van der Waals surface area (Å²) < 4.78 is 5.07. The largest absolute Gasteiger partial charge is 0.507 e. The van der Waals surface area contributed by atoms with E-state index in [1.165, 1.54) is 49.6 Å². The number of nitro groups is 1. The van der Waals surface area contributed by atoms with E-state index in [9.17, 15) is 25.1 Å². The predicted molar refractivity (Wildman–Crippen MR) is 98.6 cm³/mol. The van der Waals surface area contributed by atoms with Crippen LogP contribution in [0.15, 0.2) is 42.5 Å². The van der Waals surface area contributed by atoms with Gasteiger partial charge in [0.2, 0.25) is 0 Å². The summed E-state index contributed by atoms with van der Waals surface area (Å²) in [5, 5.41) is 36.9. The van der Waals surface area contributed by atoms with Gasteiger partial charge in [-0.15, -0.1) is 0 Å². The van der Waals surface area contributed by atoms with Crippen molar-refractivity contribution in [1.82, 2.24) is 15.2 Å². The van der Waals surface area contributed by atoms with Gasteiger partial charge in [-0.2, -0.15) is 5.10 Å². The SMILES string of the molecule is COc1ccc(O)c(/C=C(\C(=O)O)c2nc(-c3cccc([N+](=O)[O-])c3)n[nH]2)c1. The van der Waals surface area contributed by atoms with Crippen LogP contribution in [0.4, 0.5) is 5.69 Å². The minimum Gasteiger partial charge on any atom is -0.507 e. The van der Waals surface area contributed by atoms with Crippen LogP contribution >= 0.6 is 0 Å². The molecule has 3 N–H and O–H groups in total. The van der Waals surface area contributed by atoms with Crippen molar-refractivity contribution in [1.29, 1.82) is 0 Å². The van der Waals surface area contributed by atoms with Crippen LogP contribution in [-0.4, -0.2) is 43.4 Å². The molecular formula is C18H14N4O6. The Morgan fingerprint density at radius 1 is 1.29 bits per heavy atom. The number of ether oxygens (including phenoxy) is 1. The van der Waals surface area contributed by atoms with Crippen molar-refractivity contribution in [2.45, 2.75) is 0 Å². The van der Waals surface area contributed by atoms with E-state index in [2.05, 4.69) is 15.2 Å². The summed E-state index contributed by atoms with van der Waals surface area (Å²) in [7, 11) is 1.44. The number of carboxylic acids is 1. The lowest BCUT2D eigenvalue weighted by molar-refractivity contribution is -0.384. The van der Waals surface area contributed by atoms with Crippen molar-refractivity contribution in [3.05, 3.63) is 64.0 Å². The first-order valence-corrected chi connectivity index (χ1v) is 7.88. The maximum Gasteiger partial charge on any atom is 0.339 e. The molecule has 10 heteroatoms. The van der Waals surface area contributed by atoms with Gasteiger partial charge in [0.25, 0.3) is 5.69 Å². The fraction of sp³-hybridized carbons (Fsp3) is 0.0556. The third-order valence-corrected chi connectivity index (χ3v) is 3.82. The standard InChI is InChI=1S/C18H14N4O6/c1-28-13-5-6-15(23)11(8-13)9-14(18(24)25)17-19-16(20-21-17)10-3-2-4-12(7-10)22(26)27/h2-9,23H,1H3,(H,24,25)(H,19,20,21)/b14-9-. The van der Waals surface area contributed by atoms with Crippen molar-refractivity contribution in [2.24, 2.45) is 0 Å². The number of hydrogen-bond acceptors (Lipinski definition) is 7. The number of carboxylic acid groups (broad SMARTS) is 1. The van der Waals surface area contributed by atoms with E-state index in [0.717, 1.165) is 0 Å². The van der Waals surface area contributed by atoms with Crippen LogP contribution in [-0.2, 0) is 4.79 Å². The molecule has 0 atom stereocenters. The van der Waals surface area contributed by atoms with E-state index in [1.54, 1.807) is 6.07 Å². The summed E-state index contributed by atoms with van der Waals surface area (Å²) in [6.45, 7) is 0. The number of nitro benzene ring substituents is 1. The van der Waals surface area contributed by atoms with Crippen molar-refractivity contribution in [3.63, 3.8) is 0 Å². The number of H-pyrrole nitrogens is 1. The Labute approximate surface area is 157 Å². The van der Waals surface area contributed by atoms with Crippen molar-refractivity contribution in [2.75, 3.05) is 7.11 Å². The number of hydrogen-bond donors (Lipinski definition) is 3. The highest BCUT2D eigenvalue weighted by Gasteiger charge is 2.18. The van der Waals surface area contributed by atoms with Crippen molar-refractivity contribution in [3.8, 4) is 22.9 Å². The lowest BCUT2D eigenvalue weighted by Crippen LogP contribution is -2.01. The number of nitrogens with one attached hydrogen (secondary N) is 1. The molecule has 28 heavy (non-hydrogen) atoms. The summed E-state index contributed by atoms with van der Waals surface area (Å²) in [5.74, 6) is -0.984. The van der Waals surface area contributed by atoms with Gasteiger partial charge >= 0.3 is 5.97 Å². The number of methoxy groups -OCH3 is 1. The van der Waals surface area contributed by atoms with Gasteiger partial charge in [-0.25, -0.2) is 9.78 Å². The number of aromatic nitrogens is 3. The number of non-ortho nitro benzene ring substituents is 1. The number of rotatable bonds is 6. The van der Waals surface area contributed by atoms with Crippen LogP contribution in [0.5, 0.6) is 11.5 Å². The van der Waals surface area contributed by atoms with Crippen molar-refractivity contribution < 1.29 is 24.7 Å². The second-order valence-electron chi connectivity index (χ2n) is 5.60. The number of carbonyl (C=O) groups is 1. The Morgan fingerprint density at radius 2 is 2.07 bits per heavy atom. The fourth-order valence-electron chi connectivity index (χ4n) is 2.43. The van der Waals surface area contributed by atoms with Crippen LogP contribution in [0.1, 0.15) is 11.4 Å². The minimum atomic E-state index is -1.30. The molecule has 0 bridgehead atoms. The molecule has 10 nitrogen and oxygen atoms in total. The van der Waals surface area contributed by atoms with Crippen LogP contribution in [0.25, 0.3) is 23.0 Å². The van der Waals surface area contributed by atoms with E-state index < -0.39 is 10.9 Å². The van der Waals surface area contributed by atoms with Gasteiger partial charge < -0.3 is 14.9 Å². The maximum absolute atomic E-state index is 11.7. The van der Waals surface area contributed by atoms with E-state index in [4.69, 9.17) is 4.74 Å². The third-order valence-electron chi connectivity index (χ3n) is 3.82. The zero-order valence-corrected chi connectivity index (χ0v) is 14.5. The quantitative estimate of drug-likeness (QED) is 0.334. The molecule has 0 radical (unpaired) electrons. The molecule has 0 aliphatic carbocycles. The molecule has 0 saturated heterocycles. The molecule has 0 spiro atoms. The molecule has 0 aliphatic rings. The van der Waals surface area contributed by atoms with Gasteiger partial charge in [0.1, 0.15) is 17.1 Å². The molecule has 3 rings (SSSR count). The number of benzene rings is 2. The van der Waals surface area contributed by atoms with Gasteiger partial charge in [-0.05, 0) is 24.3 Å². The number of phenolic OH excluding ortho intramolecular Hbond substituents is 1. The molecule has 0 fully saturated rings. The summed E-state index contributed by atoms with van der Waals surface area (Å²) in [4.78, 5) is 26.2. The molecule has 0 saturated carbocycles. The third kappa shape index (κ3) is 3.80. The summed E-state index contributed by atoms with van der Waals surface area (Å²) >= 11 is 0. The van der Waals surface area contributed by atoms with E-state index >= 15 is 0 Å². The molecule has 1 aromatic heterocycles. The number of aromatic amines is 1. The van der Waals surface area contributed by atoms with E-state index in [0.29, 0.717) is 11.3 Å². The molecule has 0 unspecified atom stereocenters. The monoisotopic (exact) mass is 382 g/mol. The van der Waals surface area contributed by atoms with E-state index in [1.807, 2.05) is 0 Å². The summed E-state index contributed by atoms with van der Waals surface area (Å²) in [5.41, 5.74) is 0.169. The van der Waals surface area contributed by atoms with Crippen LogP contribution < -0.4 is 4.74 Å². The summed E-state index contributed by atoms with van der Waals surface area (Å²) in [6.07, 6.45) is 1.22. The fourth-order valence-corrected chi connectivity index (χ4v) is 2.43.